The van der Waals surface area contributed by atoms with E-state index in [1.54, 1.807) is 13.2 Å². The lowest BCUT2D eigenvalue weighted by atomic mass is 10.0. The van der Waals surface area contributed by atoms with Gasteiger partial charge in [-0.25, -0.2) is 4.39 Å². The first kappa shape index (κ1) is 16.9. The van der Waals surface area contributed by atoms with E-state index in [2.05, 4.69) is 18.7 Å². The fourth-order valence-electron chi connectivity index (χ4n) is 2.57. The van der Waals surface area contributed by atoms with E-state index in [1.807, 2.05) is 13.0 Å². The number of ether oxygens (including phenoxy) is 1. The molecule has 0 aliphatic rings. The van der Waals surface area contributed by atoms with Crippen LogP contribution in [0, 0.1) is 5.82 Å². The van der Waals surface area contributed by atoms with E-state index < -0.39 is 0 Å². The summed E-state index contributed by atoms with van der Waals surface area (Å²) in [6.07, 6.45) is 2.08. The standard InChI is InChI=1S/C16H27FN2O/c1-5-14(6-2)19(9-10-20-4)16-8-7-13(17)11-15(16)12(3)18/h7-8,11-12,14H,5-6,9-10,18H2,1-4H3/t12-/m0/s1. The SMILES string of the molecule is CCC(CC)N(CCOC)c1ccc(F)cc1[C@H](C)N. The van der Waals surface area contributed by atoms with Crippen molar-refractivity contribution in [3.63, 3.8) is 0 Å². The van der Waals surface area contributed by atoms with Crippen molar-refractivity contribution in [3.05, 3.63) is 29.6 Å². The van der Waals surface area contributed by atoms with Gasteiger partial charge in [0.1, 0.15) is 5.82 Å². The molecule has 0 bridgehead atoms. The Kier molecular flexibility index (Phi) is 6.96. The van der Waals surface area contributed by atoms with Crippen LogP contribution in [-0.4, -0.2) is 26.3 Å². The van der Waals surface area contributed by atoms with Gasteiger partial charge < -0.3 is 15.4 Å². The van der Waals surface area contributed by atoms with Crippen LogP contribution in [0.4, 0.5) is 10.1 Å². The van der Waals surface area contributed by atoms with Crippen molar-refractivity contribution in [2.24, 2.45) is 5.73 Å². The van der Waals surface area contributed by atoms with Crippen molar-refractivity contribution < 1.29 is 9.13 Å². The van der Waals surface area contributed by atoms with E-state index >= 15 is 0 Å². The second-order valence-corrected chi connectivity index (χ2v) is 5.15. The van der Waals surface area contributed by atoms with Crippen molar-refractivity contribution >= 4 is 5.69 Å². The highest BCUT2D eigenvalue weighted by atomic mass is 19.1. The fourth-order valence-corrected chi connectivity index (χ4v) is 2.57. The molecule has 0 aliphatic carbocycles. The van der Waals surface area contributed by atoms with Gasteiger partial charge in [0.15, 0.2) is 0 Å². The summed E-state index contributed by atoms with van der Waals surface area (Å²) >= 11 is 0. The van der Waals surface area contributed by atoms with Crippen LogP contribution in [0.25, 0.3) is 0 Å². The molecule has 1 aromatic rings. The molecule has 2 N–H and O–H groups in total. The highest BCUT2D eigenvalue weighted by molar-refractivity contribution is 5.56. The zero-order chi connectivity index (χ0) is 15.1. The van der Waals surface area contributed by atoms with Gasteiger partial charge in [-0.1, -0.05) is 13.8 Å². The van der Waals surface area contributed by atoms with Gasteiger partial charge in [-0.05, 0) is 43.5 Å². The molecule has 4 heteroatoms. The van der Waals surface area contributed by atoms with Crippen LogP contribution < -0.4 is 10.6 Å². The molecule has 0 aromatic heterocycles. The topological polar surface area (TPSA) is 38.5 Å². The Labute approximate surface area is 121 Å². The van der Waals surface area contributed by atoms with Gasteiger partial charge >= 0.3 is 0 Å². The average Bonchev–Trinajstić information content (AvgIpc) is 2.43. The second kappa shape index (κ2) is 8.22. The van der Waals surface area contributed by atoms with Crippen LogP contribution in [0.2, 0.25) is 0 Å². The van der Waals surface area contributed by atoms with Gasteiger partial charge in [0.2, 0.25) is 0 Å². The molecule has 0 spiro atoms. The molecule has 0 saturated heterocycles. The number of anilines is 1. The maximum absolute atomic E-state index is 13.5. The minimum atomic E-state index is -0.239. The summed E-state index contributed by atoms with van der Waals surface area (Å²) in [4.78, 5) is 2.29. The summed E-state index contributed by atoms with van der Waals surface area (Å²) < 4.78 is 18.7. The van der Waals surface area contributed by atoms with E-state index in [4.69, 9.17) is 10.5 Å². The van der Waals surface area contributed by atoms with Crippen molar-refractivity contribution in [2.45, 2.75) is 45.7 Å². The molecule has 0 unspecified atom stereocenters. The lowest BCUT2D eigenvalue weighted by molar-refractivity contribution is 0.202. The van der Waals surface area contributed by atoms with Gasteiger partial charge in [0.05, 0.1) is 6.61 Å². The maximum atomic E-state index is 13.5. The van der Waals surface area contributed by atoms with Gasteiger partial charge in [0.25, 0.3) is 0 Å². The van der Waals surface area contributed by atoms with E-state index in [9.17, 15) is 4.39 Å². The highest BCUT2D eigenvalue weighted by Gasteiger charge is 2.20. The lowest BCUT2D eigenvalue weighted by Crippen LogP contribution is -2.38. The van der Waals surface area contributed by atoms with Crippen molar-refractivity contribution in [1.29, 1.82) is 0 Å². The second-order valence-electron chi connectivity index (χ2n) is 5.15. The Morgan fingerprint density at radius 3 is 2.45 bits per heavy atom. The average molecular weight is 282 g/mol. The Morgan fingerprint density at radius 1 is 1.30 bits per heavy atom. The molecular weight excluding hydrogens is 255 g/mol. The zero-order valence-electron chi connectivity index (χ0n) is 13.0. The number of hydrogen-bond donors (Lipinski definition) is 1. The van der Waals surface area contributed by atoms with E-state index in [1.165, 1.54) is 6.07 Å². The molecule has 0 aliphatic heterocycles. The van der Waals surface area contributed by atoms with Crippen LogP contribution in [0.15, 0.2) is 18.2 Å². The quantitative estimate of drug-likeness (QED) is 0.793. The normalized spacial score (nSPS) is 12.8. The Morgan fingerprint density at radius 2 is 1.95 bits per heavy atom. The third-order valence-corrected chi connectivity index (χ3v) is 3.71. The number of hydrogen-bond acceptors (Lipinski definition) is 3. The molecule has 0 radical (unpaired) electrons. The summed E-state index contributed by atoms with van der Waals surface area (Å²) in [5, 5.41) is 0. The fraction of sp³-hybridized carbons (Fsp3) is 0.625. The third-order valence-electron chi connectivity index (χ3n) is 3.71. The molecule has 20 heavy (non-hydrogen) atoms. The molecule has 0 amide bonds. The number of halogens is 1. The molecule has 0 fully saturated rings. The van der Waals surface area contributed by atoms with Crippen LogP contribution in [0.3, 0.4) is 0 Å². The minimum Gasteiger partial charge on any atom is -0.383 e. The number of benzene rings is 1. The van der Waals surface area contributed by atoms with E-state index in [0.717, 1.165) is 30.6 Å². The molecule has 1 atom stereocenters. The molecular formula is C16H27FN2O. The number of nitrogens with two attached hydrogens (primary N) is 1. The summed E-state index contributed by atoms with van der Waals surface area (Å²) in [6.45, 7) is 7.66. The van der Waals surface area contributed by atoms with Crippen LogP contribution in [0.1, 0.15) is 45.2 Å². The summed E-state index contributed by atoms with van der Waals surface area (Å²) in [7, 11) is 1.70. The van der Waals surface area contributed by atoms with Crippen molar-refractivity contribution in [2.75, 3.05) is 25.2 Å². The van der Waals surface area contributed by atoms with Crippen LogP contribution >= 0.6 is 0 Å². The minimum absolute atomic E-state index is 0.194. The first-order valence-electron chi connectivity index (χ1n) is 7.35. The number of rotatable bonds is 8. The van der Waals surface area contributed by atoms with Crippen molar-refractivity contribution in [1.82, 2.24) is 0 Å². The van der Waals surface area contributed by atoms with Gasteiger partial charge in [-0.2, -0.15) is 0 Å². The number of nitrogens with zero attached hydrogens (tertiary/aromatic N) is 1. The van der Waals surface area contributed by atoms with E-state index in [0.29, 0.717) is 12.6 Å². The smallest absolute Gasteiger partial charge is 0.123 e. The maximum Gasteiger partial charge on any atom is 0.123 e. The Hall–Kier alpha value is -1.13. The third kappa shape index (κ3) is 4.18. The monoisotopic (exact) mass is 282 g/mol. The van der Waals surface area contributed by atoms with Gasteiger partial charge in [-0.15, -0.1) is 0 Å². The molecule has 114 valence electrons. The molecule has 1 rings (SSSR count). The summed E-state index contributed by atoms with van der Waals surface area (Å²) in [5.41, 5.74) is 7.88. The molecule has 0 heterocycles. The van der Waals surface area contributed by atoms with E-state index in [-0.39, 0.29) is 11.9 Å². The first-order valence-corrected chi connectivity index (χ1v) is 7.35. The lowest BCUT2D eigenvalue weighted by Gasteiger charge is -2.34. The largest absolute Gasteiger partial charge is 0.383 e. The predicted molar refractivity (Wildman–Crippen MR) is 82.6 cm³/mol. The Balaban J connectivity index is 3.17. The van der Waals surface area contributed by atoms with Crippen molar-refractivity contribution in [3.8, 4) is 0 Å². The van der Waals surface area contributed by atoms with Crippen LogP contribution in [0.5, 0.6) is 0 Å². The number of methoxy groups -OCH3 is 1. The Bertz CT molecular complexity index is 405. The van der Waals surface area contributed by atoms with Gasteiger partial charge in [-0.3, -0.25) is 0 Å². The zero-order valence-corrected chi connectivity index (χ0v) is 13.0. The highest BCUT2D eigenvalue weighted by Crippen LogP contribution is 2.29. The summed E-state index contributed by atoms with van der Waals surface area (Å²) in [5.74, 6) is -0.239. The molecule has 1 aromatic carbocycles. The molecule has 3 nitrogen and oxygen atoms in total. The predicted octanol–water partition coefficient (Wildman–Crippen LogP) is 3.49. The van der Waals surface area contributed by atoms with Crippen LogP contribution in [-0.2, 0) is 4.74 Å². The first-order chi connectivity index (χ1) is 9.54. The summed E-state index contributed by atoms with van der Waals surface area (Å²) in [6, 6.07) is 5.10. The van der Waals surface area contributed by atoms with Gasteiger partial charge in [0, 0.05) is 31.4 Å². The molecule has 0 saturated carbocycles.